The summed E-state index contributed by atoms with van der Waals surface area (Å²) in [5.74, 6) is 0.320. The summed E-state index contributed by atoms with van der Waals surface area (Å²) in [5.41, 5.74) is 7.82. The van der Waals surface area contributed by atoms with Crippen LogP contribution in [-0.4, -0.2) is 36.3 Å². The molecule has 0 spiro atoms. The lowest BCUT2D eigenvalue weighted by Gasteiger charge is -2.37. The van der Waals surface area contributed by atoms with Gasteiger partial charge >= 0.3 is 0 Å². The van der Waals surface area contributed by atoms with Crippen LogP contribution in [0.2, 0.25) is 0 Å². The van der Waals surface area contributed by atoms with Crippen molar-refractivity contribution in [1.29, 1.82) is 0 Å². The monoisotopic (exact) mass is 277 g/mol. The lowest BCUT2D eigenvalue weighted by atomic mass is 10.0. The number of aromatic hydroxyl groups is 1. The highest BCUT2D eigenvalue weighted by Crippen LogP contribution is 2.21. The van der Waals surface area contributed by atoms with Gasteiger partial charge in [-0.05, 0) is 68.7 Å². The van der Waals surface area contributed by atoms with E-state index >= 15 is 0 Å². The molecule has 1 aromatic rings. The van der Waals surface area contributed by atoms with Gasteiger partial charge in [0.1, 0.15) is 5.75 Å². The molecule has 3 heteroatoms. The smallest absolute Gasteiger partial charge is 0.116 e. The molecule has 2 rings (SSSR count). The molecular formula is C17H29N2O+. The molecule has 0 aromatic heterocycles. The van der Waals surface area contributed by atoms with Crippen molar-refractivity contribution in [3.05, 3.63) is 23.8 Å². The van der Waals surface area contributed by atoms with E-state index in [0.717, 1.165) is 24.1 Å². The largest absolute Gasteiger partial charge is 0.508 e. The van der Waals surface area contributed by atoms with Crippen LogP contribution >= 0.6 is 0 Å². The highest BCUT2D eigenvalue weighted by molar-refractivity contribution is 5.50. The number of phenols is 1. The Morgan fingerprint density at radius 2 is 1.85 bits per heavy atom. The molecule has 1 fully saturated rings. The van der Waals surface area contributed by atoms with Crippen molar-refractivity contribution in [3.63, 3.8) is 0 Å². The van der Waals surface area contributed by atoms with Crippen LogP contribution in [-0.2, 0) is 6.42 Å². The molecule has 1 aliphatic heterocycles. The minimum Gasteiger partial charge on any atom is -0.508 e. The van der Waals surface area contributed by atoms with Gasteiger partial charge in [-0.3, -0.25) is 0 Å². The third kappa shape index (κ3) is 4.41. The fourth-order valence-corrected chi connectivity index (χ4v) is 3.29. The molecule has 0 atom stereocenters. The van der Waals surface area contributed by atoms with Crippen LogP contribution in [0, 0.1) is 0 Å². The number of phenolic OH excluding ortho intramolecular Hbond substituents is 1. The number of likely N-dealkylation sites (tertiary alicyclic amines) is 1. The number of benzene rings is 1. The van der Waals surface area contributed by atoms with Crippen LogP contribution < -0.4 is 5.73 Å². The number of nitrogens with zero attached hydrogens (tertiary/aromatic N) is 1. The molecule has 1 saturated heterocycles. The minimum absolute atomic E-state index is 0.320. The Balaban J connectivity index is 1.67. The molecule has 112 valence electrons. The van der Waals surface area contributed by atoms with Crippen LogP contribution in [0.15, 0.2) is 18.2 Å². The summed E-state index contributed by atoms with van der Waals surface area (Å²) >= 11 is 0. The first kappa shape index (κ1) is 15.2. The topological polar surface area (TPSA) is 46.2 Å². The van der Waals surface area contributed by atoms with Gasteiger partial charge in [-0.2, -0.15) is 0 Å². The zero-order chi connectivity index (χ0) is 14.4. The zero-order valence-corrected chi connectivity index (χ0v) is 12.8. The van der Waals surface area contributed by atoms with Crippen LogP contribution in [0.3, 0.4) is 0 Å². The molecule has 0 aliphatic carbocycles. The van der Waals surface area contributed by atoms with E-state index in [2.05, 4.69) is 7.05 Å². The van der Waals surface area contributed by atoms with Gasteiger partial charge in [0.15, 0.2) is 0 Å². The third-order valence-corrected chi connectivity index (χ3v) is 4.67. The summed E-state index contributed by atoms with van der Waals surface area (Å²) in [6, 6.07) is 5.25. The number of piperidine rings is 1. The van der Waals surface area contributed by atoms with E-state index in [1.54, 1.807) is 18.2 Å². The second-order valence-electron chi connectivity index (χ2n) is 6.54. The predicted molar refractivity (Wildman–Crippen MR) is 84.7 cm³/mol. The third-order valence-electron chi connectivity index (χ3n) is 4.67. The minimum atomic E-state index is 0.320. The van der Waals surface area contributed by atoms with Crippen LogP contribution in [0.25, 0.3) is 0 Å². The zero-order valence-electron chi connectivity index (χ0n) is 12.8. The van der Waals surface area contributed by atoms with Gasteiger partial charge in [0.2, 0.25) is 0 Å². The number of nitrogen functional groups attached to an aromatic ring is 1. The maximum absolute atomic E-state index is 9.49. The summed E-state index contributed by atoms with van der Waals surface area (Å²) in [7, 11) is 2.41. The molecular weight excluding hydrogens is 248 g/mol. The Bertz CT molecular complexity index is 425. The Hall–Kier alpha value is -1.22. The fraction of sp³-hybridized carbons (Fsp3) is 0.647. The molecule has 0 amide bonds. The Morgan fingerprint density at radius 3 is 2.60 bits per heavy atom. The molecule has 3 nitrogen and oxygen atoms in total. The number of hydrogen-bond donors (Lipinski definition) is 2. The number of rotatable bonds is 6. The maximum atomic E-state index is 9.49. The number of unbranched alkanes of at least 4 members (excludes halogenated alkanes) is 2. The Labute approximate surface area is 123 Å². The van der Waals surface area contributed by atoms with E-state index in [1.807, 2.05) is 0 Å². The van der Waals surface area contributed by atoms with Gasteiger partial charge in [0.25, 0.3) is 0 Å². The maximum Gasteiger partial charge on any atom is 0.116 e. The number of hydrogen-bond acceptors (Lipinski definition) is 2. The van der Waals surface area contributed by atoms with Gasteiger partial charge < -0.3 is 15.3 Å². The van der Waals surface area contributed by atoms with Crippen molar-refractivity contribution in [2.24, 2.45) is 0 Å². The fourth-order valence-electron chi connectivity index (χ4n) is 3.29. The van der Waals surface area contributed by atoms with Crippen molar-refractivity contribution in [2.45, 2.75) is 44.9 Å². The van der Waals surface area contributed by atoms with Gasteiger partial charge in [-0.15, -0.1) is 0 Å². The van der Waals surface area contributed by atoms with Crippen molar-refractivity contribution in [1.82, 2.24) is 0 Å². The summed E-state index contributed by atoms with van der Waals surface area (Å²) in [5, 5.41) is 9.49. The first-order valence-electron chi connectivity index (χ1n) is 8.00. The van der Waals surface area contributed by atoms with Gasteiger partial charge in [-0.25, -0.2) is 0 Å². The van der Waals surface area contributed by atoms with Crippen molar-refractivity contribution < 1.29 is 9.59 Å². The lowest BCUT2D eigenvalue weighted by molar-refractivity contribution is -0.914. The average molecular weight is 277 g/mol. The van der Waals surface area contributed by atoms with Crippen molar-refractivity contribution in [2.75, 3.05) is 32.4 Å². The van der Waals surface area contributed by atoms with Gasteiger partial charge in [0.05, 0.1) is 26.7 Å². The summed E-state index contributed by atoms with van der Waals surface area (Å²) in [4.78, 5) is 0. The number of nitrogens with two attached hydrogens (primary N) is 1. The van der Waals surface area contributed by atoms with E-state index in [-0.39, 0.29) is 0 Å². The Kier molecular flexibility index (Phi) is 5.30. The average Bonchev–Trinajstić information content (AvgIpc) is 2.43. The van der Waals surface area contributed by atoms with Crippen LogP contribution in [0.5, 0.6) is 5.75 Å². The van der Waals surface area contributed by atoms with Gasteiger partial charge in [-0.1, -0.05) is 0 Å². The molecule has 0 saturated carbocycles. The molecule has 1 aromatic carbocycles. The SMILES string of the molecule is C[N+]1(CCCCCc2cc(O)ccc2N)CCCCC1. The molecule has 1 heterocycles. The molecule has 20 heavy (non-hydrogen) atoms. The first-order valence-corrected chi connectivity index (χ1v) is 8.00. The Morgan fingerprint density at radius 1 is 1.10 bits per heavy atom. The van der Waals surface area contributed by atoms with Crippen LogP contribution in [0.4, 0.5) is 5.69 Å². The molecule has 0 radical (unpaired) electrons. The lowest BCUT2D eigenvalue weighted by Crippen LogP contribution is -2.48. The highest BCUT2D eigenvalue weighted by atomic mass is 16.3. The summed E-state index contributed by atoms with van der Waals surface area (Å²) in [6.45, 7) is 4.04. The van der Waals surface area contributed by atoms with E-state index < -0.39 is 0 Å². The normalized spacial score (nSPS) is 18.1. The van der Waals surface area contributed by atoms with Crippen molar-refractivity contribution >= 4 is 5.69 Å². The molecule has 3 N–H and O–H groups in total. The van der Waals surface area contributed by atoms with Gasteiger partial charge in [0, 0.05) is 5.69 Å². The highest BCUT2D eigenvalue weighted by Gasteiger charge is 2.23. The van der Waals surface area contributed by atoms with Crippen LogP contribution in [0.1, 0.15) is 44.1 Å². The second-order valence-corrected chi connectivity index (χ2v) is 6.54. The second kappa shape index (κ2) is 6.98. The summed E-state index contributed by atoms with van der Waals surface area (Å²) in [6.07, 6.45) is 8.91. The quantitative estimate of drug-likeness (QED) is 0.363. The molecule has 0 unspecified atom stereocenters. The predicted octanol–water partition coefficient (Wildman–Crippen LogP) is 3.32. The first-order chi connectivity index (χ1) is 9.59. The summed E-state index contributed by atoms with van der Waals surface area (Å²) < 4.78 is 1.27. The molecule has 0 bridgehead atoms. The van der Waals surface area contributed by atoms with E-state index in [4.69, 9.17) is 5.73 Å². The number of quaternary nitrogens is 1. The number of anilines is 1. The van der Waals surface area contributed by atoms with Crippen molar-refractivity contribution in [3.8, 4) is 5.75 Å². The number of aryl methyl sites for hydroxylation is 1. The van der Waals surface area contributed by atoms with E-state index in [9.17, 15) is 5.11 Å². The standard InChI is InChI=1S/C17H28N2O/c1-19(12-6-3-7-13-19)11-5-2-4-8-15-14-16(20)9-10-17(15)18/h9-10,14H,2-8,11-13,18H2,1H3/p+1. The molecule has 1 aliphatic rings. The van der Waals surface area contributed by atoms with E-state index in [1.165, 1.54) is 56.2 Å². The van der Waals surface area contributed by atoms with E-state index in [0.29, 0.717) is 5.75 Å².